The van der Waals surface area contributed by atoms with Crippen molar-refractivity contribution in [3.63, 3.8) is 0 Å². The molecule has 1 aromatic carbocycles. The molecule has 0 radical (unpaired) electrons. The highest BCUT2D eigenvalue weighted by Gasteiger charge is 2.25. The van der Waals surface area contributed by atoms with Crippen LogP contribution in [0.25, 0.3) is 16.9 Å². The van der Waals surface area contributed by atoms with Crippen LogP contribution in [0.3, 0.4) is 0 Å². The number of methoxy groups -OCH3 is 1. The normalized spacial score (nSPS) is 20.2. The second-order valence-corrected chi connectivity index (χ2v) is 6.56. The van der Waals surface area contributed by atoms with Crippen molar-refractivity contribution in [2.75, 3.05) is 7.11 Å². The van der Waals surface area contributed by atoms with Gasteiger partial charge < -0.3 is 9.47 Å². The minimum Gasteiger partial charge on any atom is -0.459 e. The summed E-state index contributed by atoms with van der Waals surface area (Å²) in [5.41, 5.74) is 2.34. The molecule has 1 saturated carbocycles. The van der Waals surface area contributed by atoms with E-state index in [0.717, 1.165) is 36.7 Å². The molecule has 0 aliphatic heterocycles. The molecule has 2 atom stereocenters. The molecule has 6 nitrogen and oxygen atoms in total. The summed E-state index contributed by atoms with van der Waals surface area (Å²) in [4.78, 5) is 21.2. The molecule has 0 bridgehead atoms. The topological polar surface area (TPSA) is 66.2 Å². The molecule has 1 fully saturated rings. The van der Waals surface area contributed by atoms with Crippen LogP contribution in [0.2, 0.25) is 0 Å². The molecule has 134 valence electrons. The Kier molecular flexibility index (Phi) is 4.67. The first kappa shape index (κ1) is 16.7. The fourth-order valence-electron chi connectivity index (χ4n) is 3.43. The van der Waals surface area contributed by atoms with Crippen molar-refractivity contribution in [2.45, 2.75) is 37.9 Å². The van der Waals surface area contributed by atoms with Crippen molar-refractivity contribution in [1.82, 2.24) is 14.5 Å². The summed E-state index contributed by atoms with van der Waals surface area (Å²) in [6.45, 7) is 0. The molecule has 26 heavy (non-hydrogen) atoms. The van der Waals surface area contributed by atoms with E-state index >= 15 is 0 Å². The Labute approximate surface area is 151 Å². The summed E-state index contributed by atoms with van der Waals surface area (Å²) in [6.07, 6.45) is 7.07. The third-order valence-corrected chi connectivity index (χ3v) is 4.87. The molecule has 1 aliphatic carbocycles. The molecule has 0 N–H and O–H groups in total. The zero-order valence-electron chi connectivity index (χ0n) is 14.7. The number of aromatic nitrogens is 3. The van der Waals surface area contributed by atoms with E-state index < -0.39 is 0 Å². The third kappa shape index (κ3) is 3.32. The monoisotopic (exact) mass is 351 g/mol. The predicted molar refractivity (Wildman–Crippen MR) is 97.3 cm³/mol. The molecule has 0 unspecified atom stereocenters. The molecule has 2 heterocycles. The van der Waals surface area contributed by atoms with Gasteiger partial charge in [-0.3, -0.25) is 4.57 Å². The number of rotatable bonds is 4. The Morgan fingerprint density at radius 1 is 1.12 bits per heavy atom. The first-order valence-electron chi connectivity index (χ1n) is 8.87. The SMILES string of the molecule is CO[C@H]1CCC[C@H](OC(=O)c2ccc(-n3cnc4ccccc43)nc2)C1. The maximum Gasteiger partial charge on any atom is 0.339 e. The fourth-order valence-corrected chi connectivity index (χ4v) is 3.43. The summed E-state index contributed by atoms with van der Waals surface area (Å²) < 4.78 is 12.9. The highest BCUT2D eigenvalue weighted by atomic mass is 16.5. The standard InChI is InChI=1S/C20H21N3O3/c1-25-15-5-4-6-16(11-15)26-20(24)14-9-10-19(21-12-14)23-13-22-17-7-2-3-8-18(17)23/h2-3,7-10,12-13,15-16H,4-6,11H2,1H3/t15-,16-/m0/s1. The van der Waals surface area contributed by atoms with Crippen LogP contribution in [-0.4, -0.2) is 39.8 Å². The van der Waals surface area contributed by atoms with Gasteiger partial charge >= 0.3 is 5.97 Å². The molecule has 2 aromatic heterocycles. The zero-order valence-corrected chi connectivity index (χ0v) is 14.7. The largest absolute Gasteiger partial charge is 0.459 e. The fraction of sp³-hybridized carbons (Fsp3) is 0.350. The Bertz CT molecular complexity index is 904. The van der Waals surface area contributed by atoms with Crippen LogP contribution in [0.1, 0.15) is 36.0 Å². The van der Waals surface area contributed by atoms with Gasteiger partial charge in [0.1, 0.15) is 18.2 Å². The van der Waals surface area contributed by atoms with Crippen LogP contribution in [0.4, 0.5) is 0 Å². The summed E-state index contributed by atoms with van der Waals surface area (Å²) in [6, 6.07) is 11.4. The average molecular weight is 351 g/mol. The van der Waals surface area contributed by atoms with Gasteiger partial charge in [-0.2, -0.15) is 0 Å². The number of hydrogen-bond donors (Lipinski definition) is 0. The van der Waals surface area contributed by atoms with E-state index in [0.29, 0.717) is 11.4 Å². The smallest absolute Gasteiger partial charge is 0.339 e. The summed E-state index contributed by atoms with van der Waals surface area (Å²) in [7, 11) is 1.71. The molecular formula is C20H21N3O3. The lowest BCUT2D eigenvalue weighted by Crippen LogP contribution is -2.29. The number of ether oxygens (including phenoxy) is 2. The molecule has 1 aliphatic rings. The van der Waals surface area contributed by atoms with Gasteiger partial charge in [0, 0.05) is 19.7 Å². The first-order chi connectivity index (χ1) is 12.7. The van der Waals surface area contributed by atoms with Gasteiger partial charge in [-0.15, -0.1) is 0 Å². The van der Waals surface area contributed by atoms with Gasteiger partial charge in [-0.05, 0) is 43.5 Å². The Hall–Kier alpha value is -2.73. The van der Waals surface area contributed by atoms with E-state index in [4.69, 9.17) is 9.47 Å². The number of fused-ring (bicyclic) bond motifs is 1. The number of benzene rings is 1. The van der Waals surface area contributed by atoms with E-state index in [1.807, 2.05) is 34.9 Å². The van der Waals surface area contributed by atoms with Crippen LogP contribution in [0.5, 0.6) is 0 Å². The van der Waals surface area contributed by atoms with Crippen LogP contribution in [-0.2, 0) is 9.47 Å². The van der Waals surface area contributed by atoms with Crippen LogP contribution >= 0.6 is 0 Å². The summed E-state index contributed by atoms with van der Waals surface area (Å²) >= 11 is 0. The summed E-state index contributed by atoms with van der Waals surface area (Å²) in [5, 5.41) is 0. The number of nitrogens with zero attached hydrogens (tertiary/aromatic N) is 3. The molecule has 3 aromatic rings. The molecule has 6 heteroatoms. The van der Waals surface area contributed by atoms with Gasteiger partial charge in [0.2, 0.25) is 0 Å². The molecule has 0 spiro atoms. The van der Waals surface area contributed by atoms with Crippen LogP contribution in [0, 0.1) is 0 Å². The van der Waals surface area contributed by atoms with Crippen molar-refractivity contribution >= 4 is 17.0 Å². The van der Waals surface area contributed by atoms with Gasteiger partial charge in [0.25, 0.3) is 0 Å². The van der Waals surface area contributed by atoms with Crippen LogP contribution in [0.15, 0.2) is 48.9 Å². The zero-order chi connectivity index (χ0) is 17.9. The molecular weight excluding hydrogens is 330 g/mol. The minimum atomic E-state index is -0.332. The third-order valence-electron chi connectivity index (χ3n) is 4.87. The van der Waals surface area contributed by atoms with Crippen molar-refractivity contribution in [3.05, 3.63) is 54.5 Å². The minimum absolute atomic E-state index is 0.0848. The highest BCUT2D eigenvalue weighted by molar-refractivity contribution is 5.89. The second-order valence-electron chi connectivity index (χ2n) is 6.56. The van der Waals surface area contributed by atoms with Gasteiger partial charge in [-0.1, -0.05) is 12.1 Å². The van der Waals surface area contributed by atoms with Gasteiger partial charge in [0.05, 0.1) is 22.7 Å². The predicted octanol–water partition coefficient (Wildman–Crippen LogP) is 3.53. The Balaban J connectivity index is 1.48. The number of pyridine rings is 1. The molecule has 4 rings (SSSR count). The van der Waals surface area contributed by atoms with E-state index in [1.165, 1.54) is 0 Å². The number of esters is 1. The van der Waals surface area contributed by atoms with Gasteiger partial charge in [0.15, 0.2) is 0 Å². The maximum atomic E-state index is 12.4. The number of carbonyl (C=O) groups is 1. The number of imidazole rings is 1. The Morgan fingerprint density at radius 2 is 1.96 bits per heavy atom. The maximum absolute atomic E-state index is 12.4. The van der Waals surface area contributed by atoms with E-state index in [1.54, 1.807) is 25.7 Å². The quantitative estimate of drug-likeness (QED) is 0.673. The van der Waals surface area contributed by atoms with Gasteiger partial charge in [-0.25, -0.2) is 14.8 Å². The number of para-hydroxylation sites is 2. The van der Waals surface area contributed by atoms with Crippen molar-refractivity contribution in [2.24, 2.45) is 0 Å². The first-order valence-corrected chi connectivity index (χ1v) is 8.87. The van der Waals surface area contributed by atoms with Crippen LogP contribution < -0.4 is 0 Å². The molecule has 0 saturated heterocycles. The average Bonchev–Trinajstić information content (AvgIpc) is 3.12. The van der Waals surface area contributed by atoms with E-state index in [2.05, 4.69) is 9.97 Å². The highest BCUT2D eigenvalue weighted by Crippen LogP contribution is 2.24. The number of carbonyl (C=O) groups excluding carboxylic acids is 1. The molecule has 0 amide bonds. The van der Waals surface area contributed by atoms with E-state index in [-0.39, 0.29) is 18.2 Å². The van der Waals surface area contributed by atoms with Crippen molar-refractivity contribution in [1.29, 1.82) is 0 Å². The number of hydrogen-bond acceptors (Lipinski definition) is 5. The Morgan fingerprint density at radius 3 is 2.77 bits per heavy atom. The second kappa shape index (κ2) is 7.25. The lowest BCUT2D eigenvalue weighted by molar-refractivity contribution is -0.0149. The lowest BCUT2D eigenvalue weighted by atomic mass is 9.95. The lowest BCUT2D eigenvalue weighted by Gasteiger charge is -2.27. The van der Waals surface area contributed by atoms with Crippen molar-refractivity contribution < 1.29 is 14.3 Å². The summed E-state index contributed by atoms with van der Waals surface area (Å²) in [5.74, 6) is 0.383. The van der Waals surface area contributed by atoms with E-state index in [9.17, 15) is 4.79 Å². The van der Waals surface area contributed by atoms with Crippen molar-refractivity contribution in [3.8, 4) is 5.82 Å².